The van der Waals surface area contributed by atoms with Crippen LogP contribution in [-0.4, -0.2) is 96.7 Å². The maximum Gasteiger partial charge on any atom is 0.472 e. The fourth-order valence-corrected chi connectivity index (χ4v) is 14.1. The van der Waals surface area contributed by atoms with Gasteiger partial charge >= 0.3 is 39.5 Å². The molecule has 0 aliphatic rings. The van der Waals surface area contributed by atoms with Gasteiger partial charge in [-0.1, -0.05) is 375 Å². The number of carbonyl (C=O) groups excluding carboxylic acids is 4. The predicted molar refractivity (Wildman–Crippen MR) is 409 cm³/mol. The van der Waals surface area contributed by atoms with E-state index >= 15 is 0 Å². The number of unbranched alkanes of at least 4 members (excludes halogenated alkanes) is 50. The minimum atomic E-state index is -4.96. The van der Waals surface area contributed by atoms with Crippen molar-refractivity contribution in [3.8, 4) is 0 Å². The number of phosphoric ester groups is 2. The van der Waals surface area contributed by atoms with Gasteiger partial charge in [-0.3, -0.25) is 37.3 Å². The molecule has 0 aliphatic heterocycles. The van der Waals surface area contributed by atoms with Crippen molar-refractivity contribution in [2.24, 2.45) is 11.8 Å². The zero-order chi connectivity index (χ0) is 73.5. The van der Waals surface area contributed by atoms with Crippen molar-refractivity contribution in [1.29, 1.82) is 0 Å². The summed E-state index contributed by atoms with van der Waals surface area (Å²) >= 11 is 0. The molecule has 0 spiro atoms. The zero-order valence-electron chi connectivity index (χ0n) is 65.5. The van der Waals surface area contributed by atoms with Crippen molar-refractivity contribution in [1.82, 2.24) is 0 Å². The van der Waals surface area contributed by atoms with Crippen LogP contribution in [0.2, 0.25) is 0 Å². The summed E-state index contributed by atoms with van der Waals surface area (Å²) in [6.45, 7) is 9.57. The van der Waals surface area contributed by atoms with Gasteiger partial charge in [0, 0.05) is 25.7 Å². The molecule has 5 atom stereocenters. The Kier molecular flexibility index (Phi) is 71.2. The van der Waals surface area contributed by atoms with Crippen molar-refractivity contribution in [3.63, 3.8) is 0 Å². The highest BCUT2D eigenvalue weighted by atomic mass is 31.2. The molecule has 100 heavy (non-hydrogen) atoms. The summed E-state index contributed by atoms with van der Waals surface area (Å²) in [6, 6.07) is 0. The molecule has 0 heterocycles. The molecular weight excluding hydrogens is 1310 g/mol. The Morgan fingerprint density at radius 1 is 0.270 bits per heavy atom. The SMILES string of the molecule is CCCCCCCCCCCCCCCCCCCCCCCCC(=O)O[C@H](COC(=O)CCCCCCCCCCCCCCCCC(C)C)COP(=O)(O)OC[C@@H](O)COP(=O)(O)OC[C@@H](COC(=O)CCCCCCCCC(C)C)OC(=O)CCCCCCCCCCCCCC. The van der Waals surface area contributed by atoms with Crippen LogP contribution in [0, 0.1) is 11.8 Å². The van der Waals surface area contributed by atoms with Gasteiger partial charge in [0.15, 0.2) is 12.2 Å². The van der Waals surface area contributed by atoms with E-state index in [0.29, 0.717) is 31.6 Å². The molecule has 3 N–H and O–H groups in total. The van der Waals surface area contributed by atoms with Gasteiger partial charge in [0.25, 0.3) is 0 Å². The molecule has 0 fully saturated rings. The largest absolute Gasteiger partial charge is 0.472 e. The van der Waals surface area contributed by atoms with Gasteiger partial charge in [-0.25, -0.2) is 9.13 Å². The number of esters is 4. The van der Waals surface area contributed by atoms with E-state index in [4.69, 9.17) is 37.0 Å². The summed E-state index contributed by atoms with van der Waals surface area (Å²) in [5.74, 6) is -0.633. The molecule has 0 rings (SSSR count). The van der Waals surface area contributed by atoms with Gasteiger partial charge < -0.3 is 33.8 Å². The normalized spacial score (nSPS) is 13.9. The van der Waals surface area contributed by atoms with Crippen LogP contribution in [0.3, 0.4) is 0 Å². The van der Waals surface area contributed by atoms with Gasteiger partial charge in [-0.05, 0) is 37.5 Å². The van der Waals surface area contributed by atoms with Crippen molar-refractivity contribution < 1.29 is 80.2 Å². The molecule has 0 saturated heterocycles. The van der Waals surface area contributed by atoms with Crippen molar-refractivity contribution in [2.75, 3.05) is 39.6 Å². The highest BCUT2D eigenvalue weighted by Crippen LogP contribution is 2.45. The minimum Gasteiger partial charge on any atom is -0.462 e. The molecule has 0 aromatic heterocycles. The summed E-state index contributed by atoms with van der Waals surface area (Å²) in [5, 5.41) is 10.6. The quantitative estimate of drug-likeness (QED) is 0.0222. The van der Waals surface area contributed by atoms with E-state index in [-0.39, 0.29) is 25.7 Å². The monoisotopic (exact) mass is 1470 g/mol. The zero-order valence-corrected chi connectivity index (χ0v) is 67.3. The topological polar surface area (TPSA) is 237 Å². The Labute approximate surface area is 613 Å². The van der Waals surface area contributed by atoms with E-state index in [1.165, 1.54) is 238 Å². The van der Waals surface area contributed by atoms with E-state index in [0.717, 1.165) is 102 Å². The molecule has 2 unspecified atom stereocenters. The van der Waals surface area contributed by atoms with Crippen LogP contribution >= 0.6 is 15.6 Å². The van der Waals surface area contributed by atoms with E-state index in [1.807, 2.05) is 0 Å². The standard InChI is InChI=1S/C81H158O17P2/c1-7-9-11-13-15-17-19-21-22-23-24-25-26-27-28-29-34-38-42-46-54-60-66-81(86)97-76(69-91-78(83)63-57-51-44-40-37-33-31-30-32-35-39-43-49-55-61-73(3)4)71-95-99(87,88)93-67-75(82)68-94-100(89,90)96-72-77(70-92-79(84)64-58-52-48-47-50-56-62-74(5)6)98-80(85)65-59-53-45-41-36-20-18-16-14-12-10-8-2/h73-77,82H,7-72H2,1-6H3,(H,87,88)(H,89,90)/t75-,76-,77-/m1/s1. The Bertz CT molecular complexity index is 1920. The van der Waals surface area contributed by atoms with Crippen LogP contribution in [0.25, 0.3) is 0 Å². The molecule has 0 radical (unpaired) electrons. The summed E-state index contributed by atoms with van der Waals surface area (Å²) in [7, 11) is -9.92. The lowest BCUT2D eigenvalue weighted by molar-refractivity contribution is -0.161. The van der Waals surface area contributed by atoms with Crippen molar-refractivity contribution >= 4 is 39.5 Å². The molecule has 0 bridgehead atoms. The number of rotatable bonds is 80. The van der Waals surface area contributed by atoms with Crippen LogP contribution in [0.15, 0.2) is 0 Å². The third-order valence-corrected chi connectivity index (χ3v) is 20.9. The summed E-state index contributed by atoms with van der Waals surface area (Å²) in [5.41, 5.74) is 0. The van der Waals surface area contributed by atoms with Crippen LogP contribution in [0.5, 0.6) is 0 Å². The number of aliphatic hydroxyl groups is 1. The van der Waals surface area contributed by atoms with E-state index < -0.39 is 97.5 Å². The highest BCUT2D eigenvalue weighted by molar-refractivity contribution is 7.47. The van der Waals surface area contributed by atoms with Crippen LogP contribution in [0.4, 0.5) is 0 Å². The first kappa shape index (κ1) is 98.1. The van der Waals surface area contributed by atoms with Gasteiger partial charge in [0.2, 0.25) is 0 Å². The molecule has 17 nitrogen and oxygen atoms in total. The second-order valence-electron chi connectivity index (χ2n) is 30.1. The Morgan fingerprint density at radius 3 is 0.680 bits per heavy atom. The average Bonchev–Trinajstić information content (AvgIpc) is 1.50. The van der Waals surface area contributed by atoms with Crippen LogP contribution < -0.4 is 0 Å². The number of carbonyl (C=O) groups is 4. The van der Waals surface area contributed by atoms with Gasteiger partial charge in [-0.2, -0.15) is 0 Å². The first-order valence-corrected chi connectivity index (χ1v) is 45.0. The number of hydrogen-bond acceptors (Lipinski definition) is 15. The second kappa shape index (κ2) is 72.6. The lowest BCUT2D eigenvalue weighted by Crippen LogP contribution is -2.30. The summed E-state index contributed by atoms with van der Waals surface area (Å²) < 4.78 is 68.6. The molecule has 594 valence electrons. The smallest absolute Gasteiger partial charge is 0.462 e. The number of aliphatic hydroxyl groups excluding tert-OH is 1. The number of ether oxygens (including phenoxy) is 4. The number of hydrogen-bond donors (Lipinski definition) is 3. The Morgan fingerprint density at radius 2 is 0.460 bits per heavy atom. The third-order valence-electron chi connectivity index (χ3n) is 19.0. The van der Waals surface area contributed by atoms with E-state index in [2.05, 4.69) is 41.5 Å². The maximum atomic E-state index is 13.1. The van der Waals surface area contributed by atoms with Crippen LogP contribution in [0.1, 0.15) is 427 Å². The Hall–Kier alpha value is -1.94. The lowest BCUT2D eigenvalue weighted by Gasteiger charge is -2.21. The first-order valence-electron chi connectivity index (χ1n) is 42.0. The van der Waals surface area contributed by atoms with Crippen molar-refractivity contribution in [2.45, 2.75) is 445 Å². The molecule has 0 amide bonds. The molecule has 0 aromatic rings. The maximum absolute atomic E-state index is 13.1. The fourth-order valence-electron chi connectivity index (χ4n) is 12.5. The van der Waals surface area contributed by atoms with E-state index in [9.17, 15) is 43.2 Å². The van der Waals surface area contributed by atoms with Gasteiger partial charge in [0.05, 0.1) is 26.4 Å². The molecule has 19 heteroatoms. The van der Waals surface area contributed by atoms with Gasteiger partial charge in [-0.15, -0.1) is 0 Å². The van der Waals surface area contributed by atoms with Crippen LogP contribution in [-0.2, 0) is 65.4 Å². The van der Waals surface area contributed by atoms with Crippen molar-refractivity contribution in [3.05, 3.63) is 0 Å². The highest BCUT2D eigenvalue weighted by Gasteiger charge is 2.30. The Balaban J connectivity index is 5.19. The molecule has 0 saturated carbocycles. The predicted octanol–water partition coefficient (Wildman–Crippen LogP) is 24.3. The second-order valence-corrected chi connectivity index (χ2v) is 33.0. The van der Waals surface area contributed by atoms with E-state index in [1.54, 1.807) is 0 Å². The molecule has 0 aliphatic carbocycles. The first-order chi connectivity index (χ1) is 48.4. The lowest BCUT2D eigenvalue weighted by atomic mass is 10.0. The molecular formula is C81H158O17P2. The minimum absolute atomic E-state index is 0.106. The number of phosphoric acid groups is 2. The third kappa shape index (κ3) is 74.3. The van der Waals surface area contributed by atoms with Gasteiger partial charge in [0.1, 0.15) is 19.3 Å². The average molecular weight is 1470 g/mol. The molecule has 0 aromatic carbocycles. The summed E-state index contributed by atoms with van der Waals surface area (Å²) in [4.78, 5) is 72.9. The summed E-state index contributed by atoms with van der Waals surface area (Å²) in [6.07, 6.45) is 62.7. The fraction of sp³-hybridized carbons (Fsp3) is 0.951.